The van der Waals surface area contributed by atoms with Crippen molar-refractivity contribution in [2.75, 3.05) is 25.1 Å². The molecule has 0 heterocycles. The molecule has 0 fully saturated rings. The molecule has 2 aromatic carbocycles. The van der Waals surface area contributed by atoms with Crippen molar-refractivity contribution in [1.82, 2.24) is 5.32 Å². The van der Waals surface area contributed by atoms with Crippen molar-refractivity contribution < 1.29 is 18.7 Å². The number of hydrogen-bond acceptors (Lipinski definition) is 3. The number of carbonyl (C=O) groups excluding carboxylic acids is 2. The Bertz CT molecular complexity index is 749. The number of methoxy groups -OCH3 is 1. The van der Waals surface area contributed by atoms with E-state index in [9.17, 15) is 14.0 Å². The monoisotopic (exact) mass is 344 g/mol. The summed E-state index contributed by atoms with van der Waals surface area (Å²) in [6.45, 7) is 1.62. The first-order valence-corrected chi connectivity index (χ1v) is 7.93. The van der Waals surface area contributed by atoms with Gasteiger partial charge < -0.3 is 15.0 Å². The van der Waals surface area contributed by atoms with Gasteiger partial charge in [0.2, 0.25) is 11.8 Å². The highest BCUT2D eigenvalue weighted by Gasteiger charge is 2.16. The number of rotatable bonds is 7. The standard InChI is InChI=1S/C19H21FN2O3/c1-14(23)22(17-7-4-6-16(20)12-17)13-19(24)21-10-9-15-5-3-8-18(11-15)25-2/h3-8,11-12H,9-10,13H2,1-2H3,(H,21,24). The zero-order valence-electron chi connectivity index (χ0n) is 14.3. The van der Waals surface area contributed by atoms with Crippen LogP contribution < -0.4 is 15.0 Å². The van der Waals surface area contributed by atoms with E-state index in [0.717, 1.165) is 11.3 Å². The Morgan fingerprint density at radius 2 is 1.92 bits per heavy atom. The third kappa shape index (κ3) is 5.60. The first-order chi connectivity index (χ1) is 12.0. The van der Waals surface area contributed by atoms with Gasteiger partial charge in [-0.2, -0.15) is 0 Å². The average Bonchev–Trinajstić information content (AvgIpc) is 2.59. The van der Waals surface area contributed by atoms with E-state index in [1.165, 1.54) is 30.0 Å². The van der Waals surface area contributed by atoms with E-state index in [-0.39, 0.29) is 18.4 Å². The predicted octanol–water partition coefficient (Wildman–Crippen LogP) is 2.55. The minimum absolute atomic E-state index is 0.156. The molecule has 5 nitrogen and oxygen atoms in total. The highest BCUT2D eigenvalue weighted by molar-refractivity contribution is 5.97. The summed E-state index contributed by atoms with van der Waals surface area (Å²) in [4.78, 5) is 25.1. The molecule has 0 aliphatic carbocycles. The van der Waals surface area contributed by atoms with Crippen LogP contribution in [0.5, 0.6) is 5.75 Å². The summed E-state index contributed by atoms with van der Waals surface area (Å²) in [5.74, 6) is -0.323. The molecule has 0 bridgehead atoms. The van der Waals surface area contributed by atoms with Crippen molar-refractivity contribution in [3.63, 3.8) is 0 Å². The molecule has 25 heavy (non-hydrogen) atoms. The summed E-state index contributed by atoms with van der Waals surface area (Å²) >= 11 is 0. The lowest BCUT2D eigenvalue weighted by atomic mass is 10.1. The van der Waals surface area contributed by atoms with Gasteiger partial charge in [-0.25, -0.2) is 4.39 Å². The van der Waals surface area contributed by atoms with Gasteiger partial charge in [-0.1, -0.05) is 18.2 Å². The molecule has 0 saturated carbocycles. The molecular weight excluding hydrogens is 323 g/mol. The van der Waals surface area contributed by atoms with Crippen LogP contribution in [-0.4, -0.2) is 32.0 Å². The third-order valence-corrected chi connectivity index (χ3v) is 3.67. The lowest BCUT2D eigenvalue weighted by Crippen LogP contribution is -2.40. The number of halogens is 1. The molecule has 2 amide bonds. The molecule has 0 saturated heterocycles. The van der Waals surface area contributed by atoms with Crippen LogP contribution in [0.1, 0.15) is 12.5 Å². The first kappa shape index (κ1) is 18.4. The van der Waals surface area contributed by atoms with Crippen molar-refractivity contribution in [3.05, 3.63) is 59.9 Å². The molecule has 2 rings (SSSR count). The molecule has 132 valence electrons. The van der Waals surface area contributed by atoms with Gasteiger partial charge in [0.15, 0.2) is 0 Å². The van der Waals surface area contributed by atoms with E-state index in [4.69, 9.17) is 4.74 Å². The van der Waals surface area contributed by atoms with Crippen LogP contribution in [0.25, 0.3) is 0 Å². The summed E-state index contributed by atoms with van der Waals surface area (Å²) in [6, 6.07) is 13.2. The van der Waals surface area contributed by atoms with Crippen molar-refractivity contribution >= 4 is 17.5 Å². The number of carbonyl (C=O) groups is 2. The normalized spacial score (nSPS) is 10.2. The van der Waals surface area contributed by atoms with Crippen LogP contribution >= 0.6 is 0 Å². The summed E-state index contributed by atoms with van der Waals surface area (Å²) in [5.41, 5.74) is 1.39. The van der Waals surface area contributed by atoms with E-state index in [1.54, 1.807) is 13.2 Å². The minimum atomic E-state index is -0.456. The highest BCUT2D eigenvalue weighted by atomic mass is 19.1. The number of nitrogens with one attached hydrogen (secondary N) is 1. The number of nitrogens with zero attached hydrogens (tertiary/aromatic N) is 1. The largest absolute Gasteiger partial charge is 0.497 e. The van der Waals surface area contributed by atoms with Gasteiger partial charge in [0.1, 0.15) is 18.1 Å². The van der Waals surface area contributed by atoms with Crippen LogP contribution in [0.15, 0.2) is 48.5 Å². The minimum Gasteiger partial charge on any atom is -0.497 e. The molecule has 0 spiro atoms. The Hall–Kier alpha value is -2.89. The molecule has 2 aromatic rings. The maximum atomic E-state index is 13.3. The molecule has 0 aliphatic heterocycles. The van der Waals surface area contributed by atoms with E-state index < -0.39 is 5.82 Å². The second kappa shape index (κ2) is 8.82. The lowest BCUT2D eigenvalue weighted by molar-refractivity contribution is -0.123. The number of benzene rings is 2. The molecule has 0 atom stereocenters. The van der Waals surface area contributed by atoms with Crippen molar-refractivity contribution in [3.8, 4) is 5.75 Å². The van der Waals surface area contributed by atoms with E-state index in [2.05, 4.69) is 5.32 Å². The van der Waals surface area contributed by atoms with Gasteiger partial charge in [0.05, 0.1) is 7.11 Å². The second-order valence-electron chi connectivity index (χ2n) is 5.54. The van der Waals surface area contributed by atoms with Crippen LogP contribution in [0.4, 0.5) is 10.1 Å². The van der Waals surface area contributed by atoms with Crippen molar-refractivity contribution in [2.45, 2.75) is 13.3 Å². The molecular formula is C19H21FN2O3. The molecule has 0 aromatic heterocycles. The number of amides is 2. The molecule has 0 unspecified atom stereocenters. The lowest BCUT2D eigenvalue weighted by Gasteiger charge is -2.20. The number of hydrogen-bond donors (Lipinski definition) is 1. The van der Waals surface area contributed by atoms with E-state index in [0.29, 0.717) is 18.7 Å². The Morgan fingerprint density at radius 1 is 1.16 bits per heavy atom. The Labute approximate surface area is 146 Å². The van der Waals surface area contributed by atoms with E-state index in [1.807, 2.05) is 24.3 Å². The van der Waals surface area contributed by atoms with E-state index >= 15 is 0 Å². The molecule has 0 aliphatic rings. The van der Waals surface area contributed by atoms with Gasteiger partial charge in [-0.15, -0.1) is 0 Å². The highest BCUT2D eigenvalue weighted by Crippen LogP contribution is 2.15. The quantitative estimate of drug-likeness (QED) is 0.840. The summed E-state index contributed by atoms with van der Waals surface area (Å²) in [6.07, 6.45) is 0.642. The topological polar surface area (TPSA) is 58.6 Å². The number of anilines is 1. The van der Waals surface area contributed by atoms with Crippen LogP contribution in [0.3, 0.4) is 0 Å². The van der Waals surface area contributed by atoms with Crippen LogP contribution in [0, 0.1) is 5.82 Å². The molecule has 1 N–H and O–H groups in total. The fourth-order valence-electron chi connectivity index (χ4n) is 2.40. The summed E-state index contributed by atoms with van der Waals surface area (Å²) in [7, 11) is 1.60. The van der Waals surface area contributed by atoms with Crippen molar-refractivity contribution in [1.29, 1.82) is 0 Å². The van der Waals surface area contributed by atoms with Gasteiger partial charge in [0, 0.05) is 19.2 Å². The van der Waals surface area contributed by atoms with Gasteiger partial charge in [0.25, 0.3) is 0 Å². The second-order valence-corrected chi connectivity index (χ2v) is 5.54. The fourth-order valence-corrected chi connectivity index (χ4v) is 2.40. The summed E-state index contributed by atoms with van der Waals surface area (Å²) in [5, 5.41) is 2.77. The Kier molecular flexibility index (Phi) is 6.51. The maximum absolute atomic E-state index is 13.3. The Balaban J connectivity index is 1.90. The first-order valence-electron chi connectivity index (χ1n) is 7.93. The summed E-state index contributed by atoms with van der Waals surface area (Å²) < 4.78 is 18.5. The van der Waals surface area contributed by atoms with Gasteiger partial charge in [-0.05, 0) is 42.3 Å². The van der Waals surface area contributed by atoms with Crippen LogP contribution in [0.2, 0.25) is 0 Å². The predicted molar refractivity (Wildman–Crippen MR) is 94.1 cm³/mol. The Morgan fingerprint density at radius 3 is 2.60 bits per heavy atom. The van der Waals surface area contributed by atoms with Gasteiger partial charge in [-0.3, -0.25) is 9.59 Å². The third-order valence-electron chi connectivity index (χ3n) is 3.67. The molecule has 6 heteroatoms. The fraction of sp³-hybridized carbons (Fsp3) is 0.263. The van der Waals surface area contributed by atoms with Gasteiger partial charge >= 0.3 is 0 Å². The SMILES string of the molecule is COc1cccc(CCNC(=O)CN(C(C)=O)c2cccc(F)c2)c1. The average molecular weight is 344 g/mol. The zero-order chi connectivity index (χ0) is 18.2. The smallest absolute Gasteiger partial charge is 0.240 e. The maximum Gasteiger partial charge on any atom is 0.240 e. The zero-order valence-corrected chi connectivity index (χ0v) is 14.3. The van der Waals surface area contributed by atoms with Crippen LogP contribution in [-0.2, 0) is 16.0 Å². The number of ether oxygens (including phenoxy) is 1. The molecule has 0 radical (unpaired) electrons. The van der Waals surface area contributed by atoms with Crippen molar-refractivity contribution in [2.24, 2.45) is 0 Å².